The van der Waals surface area contributed by atoms with Crippen molar-refractivity contribution in [3.63, 3.8) is 0 Å². The third-order valence-corrected chi connectivity index (χ3v) is 6.64. The van der Waals surface area contributed by atoms with E-state index in [1.54, 1.807) is 0 Å². The number of hydrogen-bond acceptors (Lipinski definition) is 3. The summed E-state index contributed by atoms with van der Waals surface area (Å²) in [6.07, 6.45) is 2.31. The van der Waals surface area contributed by atoms with Crippen molar-refractivity contribution in [1.29, 1.82) is 0 Å². The first-order chi connectivity index (χ1) is 9.32. The van der Waals surface area contributed by atoms with Crippen LogP contribution in [0.15, 0.2) is 29.2 Å². The van der Waals surface area contributed by atoms with Crippen LogP contribution < -0.4 is 5.73 Å². The maximum atomic E-state index is 12.9. The number of hydrogen-bond donors (Lipinski definition) is 1. The molecule has 0 amide bonds. The Labute approximate surface area is 120 Å². The van der Waals surface area contributed by atoms with E-state index < -0.39 is 20.9 Å². The maximum Gasteiger partial charge on any atom is 0.182 e. The van der Waals surface area contributed by atoms with E-state index in [2.05, 4.69) is 13.8 Å². The molecule has 112 valence electrons. The molecule has 3 atom stereocenters. The standard InChI is InChI=1S/C15H22FNO2S/c1-10(2)11-3-8-14(17)15(9-11)20(18,19)13-6-4-12(16)5-7-13/h4-7,10-11,14-15H,3,8-9,17H2,1-2H3. The van der Waals surface area contributed by atoms with E-state index in [4.69, 9.17) is 5.73 Å². The van der Waals surface area contributed by atoms with Crippen molar-refractivity contribution in [2.45, 2.75) is 49.3 Å². The first-order valence-corrected chi connectivity index (χ1v) is 8.62. The fourth-order valence-electron chi connectivity index (χ4n) is 2.94. The van der Waals surface area contributed by atoms with Crippen LogP contribution in [0.3, 0.4) is 0 Å². The topological polar surface area (TPSA) is 60.2 Å². The number of halogens is 1. The molecule has 0 heterocycles. The number of benzene rings is 1. The number of rotatable bonds is 3. The third-order valence-electron chi connectivity index (χ3n) is 4.37. The van der Waals surface area contributed by atoms with E-state index in [-0.39, 0.29) is 10.9 Å². The van der Waals surface area contributed by atoms with E-state index in [9.17, 15) is 12.8 Å². The largest absolute Gasteiger partial charge is 0.327 e. The van der Waals surface area contributed by atoms with Gasteiger partial charge in [0, 0.05) is 6.04 Å². The Bertz CT molecular complexity index is 554. The minimum Gasteiger partial charge on any atom is -0.327 e. The van der Waals surface area contributed by atoms with E-state index >= 15 is 0 Å². The normalized spacial score (nSPS) is 27.8. The summed E-state index contributed by atoms with van der Waals surface area (Å²) in [5.74, 6) is 0.403. The highest BCUT2D eigenvalue weighted by Crippen LogP contribution is 2.35. The zero-order valence-electron chi connectivity index (χ0n) is 11.9. The molecule has 0 bridgehead atoms. The van der Waals surface area contributed by atoms with Gasteiger partial charge in [-0.05, 0) is 55.4 Å². The van der Waals surface area contributed by atoms with Crippen molar-refractivity contribution in [3.8, 4) is 0 Å². The monoisotopic (exact) mass is 299 g/mol. The fourth-order valence-corrected chi connectivity index (χ4v) is 4.91. The predicted molar refractivity (Wildman–Crippen MR) is 77.5 cm³/mol. The maximum absolute atomic E-state index is 12.9. The van der Waals surface area contributed by atoms with Gasteiger partial charge < -0.3 is 5.73 Å². The Kier molecular flexibility index (Phi) is 4.49. The van der Waals surface area contributed by atoms with Crippen LogP contribution >= 0.6 is 0 Å². The first-order valence-electron chi connectivity index (χ1n) is 7.07. The zero-order chi connectivity index (χ0) is 14.9. The lowest BCUT2D eigenvalue weighted by molar-refractivity contribution is 0.261. The van der Waals surface area contributed by atoms with Crippen molar-refractivity contribution in [3.05, 3.63) is 30.1 Å². The highest BCUT2D eigenvalue weighted by atomic mass is 32.2. The van der Waals surface area contributed by atoms with Gasteiger partial charge >= 0.3 is 0 Å². The molecule has 1 aromatic carbocycles. The van der Waals surface area contributed by atoms with Crippen LogP contribution in [-0.2, 0) is 9.84 Å². The summed E-state index contributed by atoms with van der Waals surface area (Å²) < 4.78 is 38.3. The van der Waals surface area contributed by atoms with Crippen molar-refractivity contribution in [1.82, 2.24) is 0 Å². The second-order valence-corrected chi connectivity index (χ2v) is 8.19. The molecule has 3 nitrogen and oxygen atoms in total. The fraction of sp³-hybridized carbons (Fsp3) is 0.600. The van der Waals surface area contributed by atoms with Crippen LogP contribution in [0.1, 0.15) is 33.1 Å². The van der Waals surface area contributed by atoms with Gasteiger partial charge in [0.1, 0.15) is 5.82 Å². The molecule has 20 heavy (non-hydrogen) atoms. The van der Waals surface area contributed by atoms with Crippen LogP contribution in [0.25, 0.3) is 0 Å². The van der Waals surface area contributed by atoms with E-state index in [0.29, 0.717) is 18.3 Å². The molecule has 1 aliphatic carbocycles. The van der Waals surface area contributed by atoms with E-state index in [1.807, 2.05) is 0 Å². The van der Waals surface area contributed by atoms with Gasteiger partial charge in [0.05, 0.1) is 10.1 Å². The van der Waals surface area contributed by atoms with Crippen molar-refractivity contribution >= 4 is 9.84 Å². The summed E-state index contributed by atoms with van der Waals surface area (Å²) in [6, 6.07) is 4.69. The SMILES string of the molecule is CC(C)C1CCC(N)C(S(=O)(=O)c2ccc(F)cc2)C1. The van der Waals surface area contributed by atoms with Gasteiger partial charge in [0.15, 0.2) is 9.84 Å². The van der Waals surface area contributed by atoms with Crippen LogP contribution in [0.5, 0.6) is 0 Å². The molecule has 3 unspecified atom stereocenters. The molecule has 1 saturated carbocycles. The summed E-state index contributed by atoms with van der Waals surface area (Å²) in [4.78, 5) is 0.170. The molecule has 0 radical (unpaired) electrons. The molecule has 1 aliphatic rings. The minimum atomic E-state index is -3.49. The molecule has 5 heteroatoms. The molecular formula is C15H22FNO2S. The van der Waals surface area contributed by atoms with Crippen molar-refractivity contribution in [2.75, 3.05) is 0 Å². The molecular weight excluding hydrogens is 277 g/mol. The predicted octanol–water partition coefficient (Wildman–Crippen LogP) is 2.75. The lowest BCUT2D eigenvalue weighted by Crippen LogP contribution is -2.45. The highest BCUT2D eigenvalue weighted by molar-refractivity contribution is 7.92. The second kappa shape index (κ2) is 5.82. The van der Waals surface area contributed by atoms with Crippen LogP contribution in [-0.4, -0.2) is 19.7 Å². The smallest absolute Gasteiger partial charge is 0.182 e. The molecule has 0 aliphatic heterocycles. The van der Waals surface area contributed by atoms with Gasteiger partial charge in [-0.15, -0.1) is 0 Å². The van der Waals surface area contributed by atoms with Crippen molar-refractivity contribution in [2.24, 2.45) is 17.6 Å². The quantitative estimate of drug-likeness (QED) is 0.873. The molecule has 0 spiro atoms. The minimum absolute atomic E-state index is 0.170. The van der Waals surface area contributed by atoms with E-state index in [1.165, 1.54) is 24.3 Å². The molecule has 0 saturated heterocycles. The van der Waals surface area contributed by atoms with Crippen LogP contribution in [0, 0.1) is 17.7 Å². The summed E-state index contributed by atoms with van der Waals surface area (Å²) in [6.45, 7) is 4.23. The highest BCUT2D eigenvalue weighted by Gasteiger charge is 2.38. The summed E-state index contributed by atoms with van der Waals surface area (Å²) >= 11 is 0. The molecule has 2 rings (SSSR count). The Morgan fingerprint density at radius 3 is 2.35 bits per heavy atom. The average molecular weight is 299 g/mol. The summed E-state index contributed by atoms with van der Waals surface area (Å²) in [5.41, 5.74) is 6.04. The van der Waals surface area contributed by atoms with Gasteiger partial charge in [-0.3, -0.25) is 0 Å². The first kappa shape index (κ1) is 15.4. The van der Waals surface area contributed by atoms with Gasteiger partial charge in [0.25, 0.3) is 0 Å². The van der Waals surface area contributed by atoms with Gasteiger partial charge in [-0.1, -0.05) is 13.8 Å². The van der Waals surface area contributed by atoms with Gasteiger partial charge in [0.2, 0.25) is 0 Å². The van der Waals surface area contributed by atoms with Crippen LogP contribution in [0.2, 0.25) is 0 Å². The molecule has 1 fully saturated rings. The summed E-state index contributed by atoms with van der Waals surface area (Å²) in [7, 11) is -3.49. The lowest BCUT2D eigenvalue weighted by atomic mass is 9.79. The van der Waals surface area contributed by atoms with Crippen LogP contribution in [0.4, 0.5) is 4.39 Å². The Balaban J connectivity index is 2.29. The Hall–Kier alpha value is -0.940. The molecule has 2 N–H and O–H groups in total. The van der Waals surface area contributed by atoms with Gasteiger partial charge in [-0.25, -0.2) is 12.8 Å². The summed E-state index contributed by atoms with van der Waals surface area (Å²) in [5, 5.41) is -0.561. The zero-order valence-corrected chi connectivity index (χ0v) is 12.7. The Morgan fingerprint density at radius 1 is 1.20 bits per heavy atom. The van der Waals surface area contributed by atoms with Gasteiger partial charge in [-0.2, -0.15) is 0 Å². The van der Waals surface area contributed by atoms with E-state index in [0.717, 1.165) is 12.8 Å². The third kappa shape index (κ3) is 3.04. The second-order valence-electron chi connectivity index (χ2n) is 6.02. The van der Waals surface area contributed by atoms with Crippen molar-refractivity contribution < 1.29 is 12.8 Å². The Morgan fingerprint density at radius 2 is 1.80 bits per heavy atom. The molecule has 1 aromatic rings. The average Bonchev–Trinajstić information content (AvgIpc) is 2.39. The number of nitrogens with two attached hydrogens (primary N) is 1. The lowest BCUT2D eigenvalue weighted by Gasteiger charge is -2.35. The number of sulfone groups is 1. The molecule has 0 aromatic heterocycles.